The first-order valence-electron chi connectivity index (χ1n) is 11.0. The van der Waals surface area contributed by atoms with Gasteiger partial charge in [-0.15, -0.1) is 0 Å². The van der Waals surface area contributed by atoms with E-state index >= 15 is 0 Å². The van der Waals surface area contributed by atoms with Crippen LogP contribution in [0.4, 0.5) is 0 Å². The van der Waals surface area contributed by atoms with Crippen molar-refractivity contribution < 1.29 is 9.47 Å². The standard InChI is InChI=1S/C28H20N4O2/c29-15-20-6-8-24(12-22(20)17-31)33-26-10-11-28(27(14-26)19-4-2-1-3-5-19)34-25-9-7-21(16-30)23(13-25)18-32/h6-14,19H,1-5H2. The molecule has 164 valence electrons. The van der Waals surface area contributed by atoms with Crippen LogP contribution >= 0.6 is 0 Å². The SMILES string of the molecule is N#Cc1ccc(Oc2ccc(Oc3ccc(C#N)c(C#N)c3)c(C3CCCCC3)c2)cc1C#N. The van der Waals surface area contributed by atoms with Crippen LogP contribution in [0.3, 0.4) is 0 Å². The summed E-state index contributed by atoms with van der Waals surface area (Å²) in [5.74, 6) is 2.58. The van der Waals surface area contributed by atoms with Crippen LogP contribution in [0, 0.1) is 45.3 Å². The molecule has 3 aromatic rings. The molecule has 0 radical (unpaired) electrons. The fourth-order valence-corrected chi connectivity index (χ4v) is 4.23. The minimum atomic E-state index is 0.265. The second-order valence-corrected chi connectivity index (χ2v) is 8.10. The number of hydrogen-bond acceptors (Lipinski definition) is 6. The molecule has 0 spiro atoms. The largest absolute Gasteiger partial charge is 0.457 e. The summed E-state index contributed by atoms with van der Waals surface area (Å²) in [6.45, 7) is 0. The van der Waals surface area contributed by atoms with Crippen LogP contribution in [0.1, 0.15) is 65.8 Å². The van der Waals surface area contributed by atoms with Gasteiger partial charge < -0.3 is 9.47 Å². The van der Waals surface area contributed by atoms with Gasteiger partial charge in [0, 0.05) is 5.56 Å². The Morgan fingerprint density at radius 1 is 0.559 bits per heavy atom. The average molecular weight is 444 g/mol. The molecule has 34 heavy (non-hydrogen) atoms. The Labute approximate surface area is 198 Å². The molecule has 1 saturated carbocycles. The first-order valence-corrected chi connectivity index (χ1v) is 11.0. The molecular formula is C28H20N4O2. The number of benzene rings is 3. The number of nitrogens with zero attached hydrogens (tertiary/aromatic N) is 4. The molecule has 0 saturated heterocycles. The van der Waals surface area contributed by atoms with Crippen LogP contribution in [0.5, 0.6) is 23.0 Å². The molecule has 4 rings (SSSR count). The van der Waals surface area contributed by atoms with Crippen LogP contribution in [0.15, 0.2) is 54.6 Å². The maximum Gasteiger partial charge on any atom is 0.131 e. The van der Waals surface area contributed by atoms with Crippen LogP contribution in [0.25, 0.3) is 0 Å². The number of ether oxygens (including phenoxy) is 2. The summed E-state index contributed by atoms with van der Waals surface area (Å²) in [5.41, 5.74) is 2.18. The van der Waals surface area contributed by atoms with Crippen LogP contribution in [0.2, 0.25) is 0 Å². The van der Waals surface area contributed by atoms with E-state index in [1.54, 1.807) is 42.5 Å². The second-order valence-electron chi connectivity index (χ2n) is 8.10. The molecule has 6 heteroatoms. The number of hydrogen-bond donors (Lipinski definition) is 0. The van der Waals surface area contributed by atoms with E-state index in [0.29, 0.717) is 40.0 Å². The van der Waals surface area contributed by atoms with Crippen LogP contribution in [-0.2, 0) is 0 Å². The lowest BCUT2D eigenvalue weighted by molar-refractivity contribution is 0.414. The molecule has 6 nitrogen and oxygen atoms in total. The molecule has 3 aromatic carbocycles. The Kier molecular flexibility index (Phi) is 6.74. The third-order valence-corrected chi connectivity index (χ3v) is 5.95. The zero-order valence-electron chi connectivity index (χ0n) is 18.4. The first kappa shape index (κ1) is 22.4. The third kappa shape index (κ3) is 4.83. The predicted octanol–water partition coefficient (Wildman–Crippen LogP) is 6.81. The summed E-state index contributed by atoms with van der Waals surface area (Å²) in [6, 6.07) is 23.3. The van der Waals surface area contributed by atoms with Crippen molar-refractivity contribution >= 4 is 0 Å². The third-order valence-electron chi connectivity index (χ3n) is 5.95. The van der Waals surface area contributed by atoms with Gasteiger partial charge in [0.1, 0.15) is 47.3 Å². The van der Waals surface area contributed by atoms with Crippen molar-refractivity contribution in [3.63, 3.8) is 0 Å². The van der Waals surface area contributed by atoms with Gasteiger partial charge in [-0.05, 0) is 73.4 Å². The van der Waals surface area contributed by atoms with Crippen molar-refractivity contribution in [2.24, 2.45) is 0 Å². The molecule has 0 heterocycles. The summed E-state index contributed by atoms with van der Waals surface area (Å²) in [7, 11) is 0. The lowest BCUT2D eigenvalue weighted by Crippen LogP contribution is -2.06. The Morgan fingerprint density at radius 2 is 1.06 bits per heavy atom. The highest BCUT2D eigenvalue weighted by Crippen LogP contribution is 2.41. The van der Waals surface area contributed by atoms with E-state index < -0.39 is 0 Å². The van der Waals surface area contributed by atoms with Crippen molar-refractivity contribution in [2.75, 3.05) is 0 Å². The molecular weight excluding hydrogens is 424 g/mol. The fraction of sp³-hybridized carbons (Fsp3) is 0.214. The van der Waals surface area contributed by atoms with E-state index in [4.69, 9.17) is 20.0 Å². The minimum Gasteiger partial charge on any atom is -0.457 e. The molecule has 1 aliphatic rings. The molecule has 0 amide bonds. The van der Waals surface area contributed by atoms with Gasteiger partial charge in [-0.3, -0.25) is 0 Å². The van der Waals surface area contributed by atoms with Gasteiger partial charge >= 0.3 is 0 Å². The van der Waals surface area contributed by atoms with E-state index in [1.165, 1.54) is 6.42 Å². The van der Waals surface area contributed by atoms with Crippen LogP contribution < -0.4 is 9.47 Å². The maximum absolute atomic E-state index is 9.33. The van der Waals surface area contributed by atoms with Gasteiger partial charge in [0.05, 0.1) is 22.3 Å². The molecule has 0 bridgehead atoms. The van der Waals surface area contributed by atoms with E-state index in [0.717, 1.165) is 31.2 Å². The molecule has 0 aliphatic heterocycles. The summed E-state index contributed by atoms with van der Waals surface area (Å²) >= 11 is 0. The highest BCUT2D eigenvalue weighted by atomic mass is 16.5. The highest BCUT2D eigenvalue weighted by Gasteiger charge is 2.21. The van der Waals surface area contributed by atoms with Gasteiger partial charge in [0.15, 0.2) is 0 Å². The van der Waals surface area contributed by atoms with E-state index in [-0.39, 0.29) is 11.1 Å². The molecule has 1 fully saturated rings. The van der Waals surface area contributed by atoms with Crippen molar-refractivity contribution in [3.05, 3.63) is 82.4 Å². The molecule has 0 atom stereocenters. The Balaban J connectivity index is 1.67. The quantitative estimate of drug-likeness (QED) is 0.427. The van der Waals surface area contributed by atoms with Crippen molar-refractivity contribution in [1.29, 1.82) is 21.0 Å². The molecule has 0 unspecified atom stereocenters. The van der Waals surface area contributed by atoms with Crippen LogP contribution in [-0.4, -0.2) is 0 Å². The van der Waals surface area contributed by atoms with Crippen molar-refractivity contribution in [2.45, 2.75) is 38.0 Å². The smallest absolute Gasteiger partial charge is 0.131 e. The second kappa shape index (κ2) is 10.2. The summed E-state index contributed by atoms with van der Waals surface area (Å²) < 4.78 is 12.2. The molecule has 1 aliphatic carbocycles. The lowest BCUT2D eigenvalue weighted by Gasteiger charge is -2.25. The fourth-order valence-electron chi connectivity index (χ4n) is 4.23. The van der Waals surface area contributed by atoms with Gasteiger partial charge in [-0.1, -0.05) is 19.3 Å². The van der Waals surface area contributed by atoms with E-state index in [1.807, 2.05) is 36.4 Å². The summed E-state index contributed by atoms with van der Waals surface area (Å²) in [5, 5.41) is 36.9. The van der Waals surface area contributed by atoms with Gasteiger partial charge in [0.2, 0.25) is 0 Å². The normalized spacial score (nSPS) is 13.1. The van der Waals surface area contributed by atoms with Crippen molar-refractivity contribution in [3.8, 4) is 47.3 Å². The molecule has 0 aromatic heterocycles. The first-order chi connectivity index (χ1) is 16.6. The topological polar surface area (TPSA) is 114 Å². The summed E-state index contributed by atoms with van der Waals surface area (Å²) in [6.07, 6.45) is 5.60. The van der Waals surface area contributed by atoms with Crippen molar-refractivity contribution in [1.82, 2.24) is 0 Å². The number of nitriles is 4. The lowest BCUT2D eigenvalue weighted by atomic mass is 9.83. The average Bonchev–Trinajstić information content (AvgIpc) is 2.89. The zero-order chi connectivity index (χ0) is 23.9. The Hall–Kier alpha value is -4.78. The van der Waals surface area contributed by atoms with E-state index in [9.17, 15) is 10.5 Å². The predicted molar refractivity (Wildman–Crippen MR) is 124 cm³/mol. The Bertz CT molecular complexity index is 1390. The maximum atomic E-state index is 9.33. The minimum absolute atomic E-state index is 0.265. The van der Waals surface area contributed by atoms with Gasteiger partial charge in [0.25, 0.3) is 0 Å². The zero-order valence-corrected chi connectivity index (χ0v) is 18.4. The molecule has 0 N–H and O–H groups in total. The Morgan fingerprint density at radius 3 is 1.62 bits per heavy atom. The van der Waals surface area contributed by atoms with E-state index in [2.05, 4.69) is 0 Å². The summed E-state index contributed by atoms with van der Waals surface area (Å²) in [4.78, 5) is 0. The number of rotatable bonds is 5. The highest BCUT2D eigenvalue weighted by molar-refractivity contribution is 5.53. The monoisotopic (exact) mass is 444 g/mol. The van der Waals surface area contributed by atoms with Gasteiger partial charge in [-0.2, -0.15) is 21.0 Å². The van der Waals surface area contributed by atoms with Gasteiger partial charge in [-0.25, -0.2) is 0 Å².